The quantitative estimate of drug-likeness (QED) is 0.523. The SMILES string of the molecule is C[C@H](CO[Si](C)(C)C(C)(C)C)CC1(C[C@H]2CC[C@H](CO)O2)SCCCS1. The van der Waals surface area contributed by atoms with E-state index in [-0.39, 0.29) is 21.8 Å². The van der Waals surface area contributed by atoms with Crippen LogP contribution in [-0.4, -0.2) is 54.4 Å². The van der Waals surface area contributed by atoms with E-state index in [0.29, 0.717) is 12.0 Å². The van der Waals surface area contributed by atoms with E-state index in [2.05, 4.69) is 64.3 Å². The molecule has 0 amide bonds. The summed E-state index contributed by atoms with van der Waals surface area (Å²) in [7, 11) is -1.67. The smallest absolute Gasteiger partial charge is 0.191 e. The summed E-state index contributed by atoms with van der Waals surface area (Å²) in [4.78, 5) is 0. The van der Waals surface area contributed by atoms with E-state index >= 15 is 0 Å². The van der Waals surface area contributed by atoms with Crippen molar-refractivity contribution in [2.24, 2.45) is 5.92 Å². The average molecular weight is 421 g/mol. The van der Waals surface area contributed by atoms with E-state index in [9.17, 15) is 5.11 Å². The van der Waals surface area contributed by atoms with Crippen molar-refractivity contribution in [2.75, 3.05) is 24.7 Å². The zero-order valence-corrected chi connectivity index (χ0v) is 20.3. The van der Waals surface area contributed by atoms with Crippen LogP contribution in [0.5, 0.6) is 0 Å². The first-order valence-electron chi connectivity index (χ1n) is 10.2. The lowest BCUT2D eigenvalue weighted by atomic mass is 10.0. The second-order valence-electron chi connectivity index (χ2n) is 9.69. The van der Waals surface area contributed by atoms with Crippen molar-refractivity contribution < 1.29 is 14.3 Å². The lowest BCUT2D eigenvalue weighted by molar-refractivity contribution is 0.00659. The summed E-state index contributed by atoms with van der Waals surface area (Å²) in [6.45, 7) is 15.0. The number of hydrogen-bond acceptors (Lipinski definition) is 5. The lowest BCUT2D eigenvalue weighted by Gasteiger charge is -2.41. The molecule has 2 rings (SSSR count). The van der Waals surface area contributed by atoms with Gasteiger partial charge >= 0.3 is 0 Å². The number of thioether (sulfide) groups is 2. The van der Waals surface area contributed by atoms with Gasteiger partial charge in [0.25, 0.3) is 0 Å². The maximum atomic E-state index is 9.36. The fraction of sp³-hybridized carbons (Fsp3) is 1.00. The van der Waals surface area contributed by atoms with Crippen molar-refractivity contribution in [1.29, 1.82) is 0 Å². The molecule has 0 spiro atoms. The van der Waals surface area contributed by atoms with Crippen LogP contribution in [0, 0.1) is 5.92 Å². The summed E-state index contributed by atoms with van der Waals surface area (Å²) < 4.78 is 12.8. The first-order chi connectivity index (χ1) is 12.1. The maximum Gasteiger partial charge on any atom is 0.191 e. The van der Waals surface area contributed by atoms with E-state index in [0.717, 1.165) is 25.9 Å². The van der Waals surface area contributed by atoms with Crippen molar-refractivity contribution >= 4 is 31.8 Å². The van der Waals surface area contributed by atoms with Gasteiger partial charge in [0.2, 0.25) is 0 Å². The van der Waals surface area contributed by atoms with Crippen LogP contribution in [0.3, 0.4) is 0 Å². The predicted molar refractivity (Wildman–Crippen MR) is 119 cm³/mol. The van der Waals surface area contributed by atoms with Gasteiger partial charge in [0.1, 0.15) is 0 Å². The number of ether oxygens (including phenoxy) is 1. The molecule has 0 aliphatic carbocycles. The van der Waals surface area contributed by atoms with Gasteiger partial charge in [-0.25, -0.2) is 0 Å². The van der Waals surface area contributed by atoms with Gasteiger partial charge < -0.3 is 14.3 Å². The minimum atomic E-state index is -1.67. The van der Waals surface area contributed by atoms with E-state index < -0.39 is 8.32 Å². The summed E-state index contributed by atoms with van der Waals surface area (Å²) in [5.41, 5.74) is 0. The Hall–Kier alpha value is 0.797. The Kier molecular flexibility index (Phi) is 8.46. The van der Waals surface area contributed by atoms with Crippen LogP contribution in [0.1, 0.15) is 59.8 Å². The molecule has 0 unspecified atom stereocenters. The molecule has 3 atom stereocenters. The van der Waals surface area contributed by atoms with Crippen LogP contribution in [0.4, 0.5) is 0 Å². The first-order valence-corrected chi connectivity index (χ1v) is 15.1. The van der Waals surface area contributed by atoms with Crippen LogP contribution in [0.25, 0.3) is 0 Å². The molecule has 2 heterocycles. The minimum Gasteiger partial charge on any atom is -0.417 e. The van der Waals surface area contributed by atoms with Gasteiger partial charge in [0.05, 0.1) is 22.9 Å². The molecule has 1 N–H and O–H groups in total. The molecule has 2 aliphatic rings. The fourth-order valence-electron chi connectivity index (χ4n) is 3.50. The van der Waals surface area contributed by atoms with Crippen molar-refractivity contribution in [3.63, 3.8) is 0 Å². The lowest BCUT2D eigenvalue weighted by Crippen LogP contribution is -2.42. The molecule has 0 aromatic heterocycles. The monoisotopic (exact) mass is 420 g/mol. The highest BCUT2D eigenvalue weighted by molar-refractivity contribution is 8.18. The molecule has 154 valence electrons. The molecule has 0 bridgehead atoms. The minimum absolute atomic E-state index is 0.0648. The standard InChI is InChI=1S/C20H40O3S2Si/c1-16(15-22-26(5,6)19(2,3)4)12-20(24-10-7-11-25-20)13-17-8-9-18(14-21)23-17/h16-18,21H,7-15H2,1-6H3/t16-,17+,18+/m0/s1. The Morgan fingerprint density at radius 1 is 1.19 bits per heavy atom. The fourth-order valence-corrected chi connectivity index (χ4v) is 8.39. The summed E-state index contributed by atoms with van der Waals surface area (Å²) in [6.07, 6.45) is 6.12. The van der Waals surface area contributed by atoms with Crippen LogP contribution < -0.4 is 0 Å². The van der Waals surface area contributed by atoms with Crippen LogP contribution >= 0.6 is 23.5 Å². The van der Waals surface area contributed by atoms with E-state index in [1.165, 1.54) is 24.3 Å². The molecular weight excluding hydrogens is 380 g/mol. The van der Waals surface area contributed by atoms with E-state index in [1.54, 1.807) is 0 Å². The topological polar surface area (TPSA) is 38.7 Å². The molecule has 0 aromatic carbocycles. The van der Waals surface area contributed by atoms with Crippen LogP contribution in [-0.2, 0) is 9.16 Å². The Balaban J connectivity index is 1.92. The summed E-state index contributed by atoms with van der Waals surface area (Å²) in [5.74, 6) is 3.09. The van der Waals surface area contributed by atoms with Crippen molar-refractivity contribution in [3.8, 4) is 0 Å². The van der Waals surface area contributed by atoms with Gasteiger partial charge in [-0.05, 0) is 67.7 Å². The van der Waals surface area contributed by atoms with Gasteiger partial charge in [-0.1, -0.05) is 27.7 Å². The molecule has 2 saturated heterocycles. The largest absolute Gasteiger partial charge is 0.417 e. The van der Waals surface area contributed by atoms with Crippen molar-refractivity contribution in [2.45, 2.75) is 94.2 Å². The summed E-state index contributed by atoms with van der Waals surface area (Å²) in [5, 5.41) is 9.64. The Morgan fingerprint density at radius 3 is 2.35 bits per heavy atom. The van der Waals surface area contributed by atoms with Gasteiger partial charge in [0, 0.05) is 6.61 Å². The molecule has 0 aromatic rings. The maximum absolute atomic E-state index is 9.36. The Bertz CT molecular complexity index is 433. The number of aliphatic hydroxyl groups is 1. The highest BCUT2D eigenvalue weighted by Gasteiger charge is 2.41. The zero-order valence-electron chi connectivity index (χ0n) is 17.7. The second kappa shape index (κ2) is 9.53. The molecule has 0 radical (unpaired) electrons. The summed E-state index contributed by atoms with van der Waals surface area (Å²) in [6, 6.07) is 0. The number of rotatable bonds is 8. The first kappa shape index (κ1) is 23.1. The zero-order chi connectivity index (χ0) is 19.4. The van der Waals surface area contributed by atoms with Crippen molar-refractivity contribution in [3.05, 3.63) is 0 Å². The highest BCUT2D eigenvalue weighted by Crippen LogP contribution is 2.51. The molecule has 2 fully saturated rings. The highest BCUT2D eigenvalue weighted by atomic mass is 32.2. The predicted octanol–water partition coefficient (Wildman–Crippen LogP) is 5.53. The second-order valence-corrected chi connectivity index (χ2v) is 17.7. The number of aliphatic hydroxyl groups excluding tert-OH is 1. The average Bonchev–Trinajstić information content (AvgIpc) is 3.00. The third kappa shape index (κ3) is 6.41. The van der Waals surface area contributed by atoms with E-state index in [4.69, 9.17) is 9.16 Å². The van der Waals surface area contributed by atoms with Gasteiger partial charge in [-0.3, -0.25) is 0 Å². The molecule has 0 saturated carbocycles. The Morgan fingerprint density at radius 2 is 1.81 bits per heavy atom. The van der Waals surface area contributed by atoms with Crippen LogP contribution in [0.15, 0.2) is 0 Å². The van der Waals surface area contributed by atoms with E-state index in [1.807, 2.05) is 0 Å². The molecule has 26 heavy (non-hydrogen) atoms. The van der Waals surface area contributed by atoms with Gasteiger partial charge in [-0.2, -0.15) is 0 Å². The summed E-state index contributed by atoms with van der Waals surface area (Å²) >= 11 is 4.30. The van der Waals surface area contributed by atoms with Crippen molar-refractivity contribution in [1.82, 2.24) is 0 Å². The number of hydrogen-bond donors (Lipinski definition) is 1. The van der Waals surface area contributed by atoms with Gasteiger partial charge in [-0.15, -0.1) is 23.5 Å². The molecule has 6 heteroatoms. The normalized spacial score (nSPS) is 28.3. The third-order valence-corrected chi connectivity index (χ3v) is 14.1. The Labute approximate surface area is 170 Å². The van der Waals surface area contributed by atoms with Gasteiger partial charge in [0.15, 0.2) is 8.32 Å². The molecular formula is C20H40O3S2Si. The van der Waals surface area contributed by atoms with Crippen LogP contribution in [0.2, 0.25) is 18.1 Å². The molecule has 3 nitrogen and oxygen atoms in total. The third-order valence-electron chi connectivity index (χ3n) is 6.15. The molecule has 2 aliphatic heterocycles.